The molecular weight excluding hydrogens is 376 g/mol. The second-order valence-electron chi connectivity index (χ2n) is 8.76. The summed E-state index contributed by atoms with van der Waals surface area (Å²) in [6.45, 7) is 2.32. The van der Waals surface area contributed by atoms with Gasteiger partial charge in [-0.25, -0.2) is 0 Å². The minimum Gasteiger partial charge on any atom is -0.354 e. The largest absolute Gasteiger partial charge is 0.354 e. The van der Waals surface area contributed by atoms with Crippen molar-refractivity contribution in [2.24, 2.45) is 5.92 Å². The SMILES string of the molecule is CC1CC=CC=C1n1c2ccccc2c2cc3c(cc21)[nH]c1c2ccccc2ccc31. The summed E-state index contributed by atoms with van der Waals surface area (Å²) in [7, 11) is 0. The van der Waals surface area contributed by atoms with E-state index < -0.39 is 0 Å². The zero-order chi connectivity index (χ0) is 20.5. The van der Waals surface area contributed by atoms with Crippen molar-refractivity contribution < 1.29 is 0 Å². The lowest BCUT2D eigenvalue weighted by Crippen LogP contribution is -2.07. The first-order chi connectivity index (χ1) is 15.3. The second kappa shape index (κ2) is 6.12. The molecule has 0 saturated heterocycles. The van der Waals surface area contributed by atoms with Crippen molar-refractivity contribution in [3.05, 3.63) is 91.0 Å². The van der Waals surface area contributed by atoms with Gasteiger partial charge in [-0.2, -0.15) is 0 Å². The van der Waals surface area contributed by atoms with Gasteiger partial charge in [-0.05, 0) is 36.1 Å². The van der Waals surface area contributed by atoms with Gasteiger partial charge in [0, 0.05) is 44.1 Å². The van der Waals surface area contributed by atoms with Crippen LogP contribution >= 0.6 is 0 Å². The van der Waals surface area contributed by atoms with Gasteiger partial charge in [-0.15, -0.1) is 0 Å². The third kappa shape index (κ3) is 2.28. The first-order valence-corrected chi connectivity index (χ1v) is 11.0. The van der Waals surface area contributed by atoms with Gasteiger partial charge in [-0.1, -0.05) is 73.7 Å². The number of benzene rings is 4. The smallest absolute Gasteiger partial charge is 0.0559 e. The third-order valence-corrected chi connectivity index (χ3v) is 6.95. The fourth-order valence-electron chi connectivity index (χ4n) is 5.41. The van der Waals surface area contributed by atoms with Crippen molar-refractivity contribution in [1.82, 2.24) is 9.55 Å². The summed E-state index contributed by atoms with van der Waals surface area (Å²) in [5.74, 6) is 0.492. The summed E-state index contributed by atoms with van der Waals surface area (Å²) in [4.78, 5) is 3.75. The summed E-state index contributed by atoms with van der Waals surface area (Å²) in [6.07, 6.45) is 7.83. The highest BCUT2D eigenvalue weighted by atomic mass is 15.0. The molecular formula is C29H22N2. The van der Waals surface area contributed by atoms with Crippen LogP contribution < -0.4 is 0 Å². The Bertz CT molecular complexity index is 1720. The minimum absolute atomic E-state index is 0.492. The van der Waals surface area contributed by atoms with E-state index in [-0.39, 0.29) is 0 Å². The Morgan fingerprint density at radius 3 is 2.52 bits per heavy atom. The average molecular weight is 399 g/mol. The normalized spacial score (nSPS) is 16.8. The van der Waals surface area contributed by atoms with Crippen LogP contribution in [0, 0.1) is 5.92 Å². The van der Waals surface area contributed by atoms with Crippen LogP contribution in [0.5, 0.6) is 0 Å². The van der Waals surface area contributed by atoms with E-state index in [1.165, 1.54) is 60.1 Å². The molecule has 0 spiro atoms. The Kier molecular flexibility index (Phi) is 3.35. The van der Waals surface area contributed by atoms with E-state index in [0.717, 1.165) is 6.42 Å². The molecule has 0 radical (unpaired) electrons. The molecule has 0 amide bonds. The Balaban J connectivity index is 1.65. The molecule has 2 heterocycles. The van der Waals surface area contributed by atoms with Gasteiger partial charge in [0.1, 0.15) is 0 Å². The van der Waals surface area contributed by atoms with Gasteiger partial charge < -0.3 is 9.55 Å². The van der Waals surface area contributed by atoms with E-state index in [1.807, 2.05) is 0 Å². The number of allylic oxidation sites excluding steroid dienone is 4. The van der Waals surface area contributed by atoms with Crippen molar-refractivity contribution in [3.63, 3.8) is 0 Å². The number of rotatable bonds is 1. The van der Waals surface area contributed by atoms with Crippen LogP contribution in [0.4, 0.5) is 0 Å². The molecule has 1 aliphatic rings. The molecule has 0 fully saturated rings. The topological polar surface area (TPSA) is 20.7 Å². The van der Waals surface area contributed by atoms with E-state index in [2.05, 4.69) is 107 Å². The van der Waals surface area contributed by atoms with Gasteiger partial charge in [0.2, 0.25) is 0 Å². The summed E-state index contributed by atoms with van der Waals surface area (Å²) in [5.41, 5.74) is 6.35. The van der Waals surface area contributed by atoms with Crippen molar-refractivity contribution in [2.45, 2.75) is 13.3 Å². The monoisotopic (exact) mass is 398 g/mol. The number of hydrogen-bond acceptors (Lipinski definition) is 0. The maximum atomic E-state index is 3.75. The maximum Gasteiger partial charge on any atom is 0.0559 e. The molecule has 0 aliphatic heterocycles. The molecule has 6 aromatic rings. The van der Waals surface area contributed by atoms with Crippen LogP contribution in [0.1, 0.15) is 13.3 Å². The molecule has 1 unspecified atom stereocenters. The summed E-state index contributed by atoms with van der Waals surface area (Å²) in [6, 6.07) is 26.7. The molecule has 0 saturated carbocycles. The zero-order valence-corrected chi connectivity index (χ0v) is 17.4. The average Bonchev–Trinajstić information content (AvgIpc) is 3.33. The van der Waals surface area contributed by atoms with Crippen LogP contribution in [-0.2, 0) is 0 Å². The van der Waals surface area contributed by atoms with E-state index in [0.29, 0.717) is 5.92 Å². The van der Waals surface area contributed by atoms with Crippen LogP contribution in [0.25, 0.3) is 60.1 Å². The van der Waals surface area contributed by atoms with E-state index in [1.54, 1.807) is 0 Å². The van der Waals surface area contributed by atoms with Crippen LogP contribution in [-0.4, -0.2) is 9.55 Å². The molecule has 31 heavy (non-hydrogen) atoms. The maximum absolute atomic E-state index is 3.75. The van der Waals surface area contributed by atoms with Gasteiger partial charge in [0.05, 0.1) is 16.6 Å². The minimum atomic E-state index is 0.492. The van der Waals surface area contributed by atoms with E-state index in [4.69, 9.17) is 0 Å². The Labute approximate surface area is 180 Å². The molecule has 2 nitrogen and oxygen atoms in total. The first kappa shape index (κ1) is 17.0. The highest BCUT2D eigenvalue weighted by Gasteiger charge is 2.20. The van der Waals surface area contributed by atoms with Crippen LogP contribution in [0.2, 0.25) is 0 Å². The molecule has 2 heteroatoms. The molecule has 0 bridgehead atoms. The number of nitrogens with one attached hydrogen (secondary N) is 1. The van der Waals surface area contributed by atoms with Crippen molar-refractivity contribution in [1.29, 1.82) is 0 Å². The number of aromatic amines is 1. The lowest BCUT2D eigenvalue weighted by molar-refractivity contribution is 0.725. The van der Waals surface area contributed by atoms with Crippen molar-refractivity contribution >= 4 is 60.1 Å². The molecule has 4 aromatic carbocycles. The zero-order valence-electron chi connectivity index (χ0n) is 17.4. The number of H-pyrrole nitrogens is 1. The first-order valence-electron chi connectivity index (χ1n) is 11.0. The van der Waals surface area contributed by atoms with E-state index >= 15 is 0 Å². The van der Waals surface area contributed by atoms with Crippen LogP contribution in [0.15, 0.2) is 91.0 Å². The van der Waals surface area contributed by atoms with Gasteiger partial charge in [0.15, 0.2) is 0 Å². The Morgan fingerprint density at radius 1 is 0.774 bits per heavy atom. The standard InChI is InChI=1S/C29H22N2/c1-18-8-2-6-12-26(18)31-27-13-7-5-11-21(27)24-16-23-22-15-14-19-9-3-4-10-20(19)29(22)30-25(23)17-28(24)31/h2-7,9-18,30H,8H2,1H3. The number of fused-ring (bicyclic) bond motifs is 8. The quantitative estimate of drug-likeness (QED) is 0.289. The number of hydrogen-bond donors (Lipinski definition) is 1. The molecule has 148 valence electrons. The lowest BCUT2D eigenvalue weighted by atomic mass is 9.98. The van der Waals surface area contributed by atoms with Gasteiger partial charge >= 0.3 is 0 Å². The number of aromatic nitrogens is 2. The predicted molar refractivity (Wildman–Crippen MR) is 134 cm³/mol. The molecule has 1 N–H and O–H groups in total. The Morgan fingerprint density at radius 2 is 1.61 bits per heavy atom. The molecule has 2 aromatic heterocycles. The molecule has 7 rings (SSSR count). The highest BCUT2D eigenvalue weighted by Crippen LogP contribution is 2.40. The summed E-state index contributed by atoms with van der Waals surface area (Å²) >= 11 is 0. The van der Waals surface area contributed by atoms with Gasteiger partial charge in [-0.3, -0.25) is 0 Å². The van der Waals surface area contributed by atoms with Gasteiger partial charge in [0.25, 0.3) is 0 Å². The number of nitrogens with zero attached hydrogens (tertiary/aromatic N) is 1. The molecule has 1 atom stereocenters. The second-order valence-corrected chi connectivity index (χ2v) is 8.76. The summed E-state index contributed by atoms with van der Waals surface area (Å²) in [5, 5.41) is 7.77. The Hall–Kier alpha value is -3.78. The fraction of sp³-hybridized carbons (Fsp3) is 0.103. The van der Waals surface area contributed by atoms with Crippen LogP contribution in [0.3, 0.4) is 0 Å². The predicted octanol–water partition coefficient (Wildman–Crippen LogP) is 8.02. The molecule has 1 aliphatic carbocycles. The number of para-hydroxylation sites is 1. The van der Waals surface area contributed by atoms with Crippen molar-refractivity contribution in [3.8, 4) is 0 Å². The lowest BCUT2D eigenvalue weighted by Gasteiger charge is -2.20. The van der Waals surface area contributed by atoms with Crippen molar-refractivity contribution in [2.75, 3.05) is 0 Å². The fourth-order valence-corrected chi connectivity index (χ4v) is 5.41. The highest BCUT2D eigenvalue weighted by molar-refractivity contribution is 6.22. The summed E-state index contributed by atoms with van der Waals surface area (Å²) < 4.78 is 2.47. The van der Waals surface area contributed by atoms with E-state index in [9.17, 15) is 0 Å². The third-order valence-electron chi connectivity index (χ3n) is 6.95.